The Kier molecular flexibility index (Phi) is 5.84. The summed E-state index contributed by atoms with van der Waals surface area (Å²) in [5.74, 6) is 0.244. The third-order valence-corrected chi connectivity index (χ3v) is 5.95. The van der Waals surface area contributed by atoms with Crippen LogP contribution in [0.1, 0.15) is 69.3 Å². The average molecular weight is 330 g/mol. The van der Waals surface area contributed by atoms with Gasteiger partial charge in [0.25, 0.3) is 0 Å². The lowest BCUT2D eigenvalue weighted by atomic mass is 9.59. The number of hydrogen-bond donors (Lipinski definition) is 1. The SMILES string of the molecule is CC(=O)c1ccc(CC(C(=O)O)(C(C)C)C2CCCC(C)C2)cc1. The highest BCUT2D eigenvalue weighted by molar-refractivity contribution is 5.94. The molecular weight excluding hydrogens is 300 g/mol. The van der Waals surface area contributed by atoms with Crippen molar-refractivity contribution in [2.75, 3.05) is 0 Å². The van der Waals surface area contributed by atoms with E-state index in [1.807, 2.05) is 38.1 Å². The first-order valence-corrected chi connectivity index (χ1v) is 9.10. The molecule has 3 atom stereocenters. The molecule has 132 valence electrons. The molecule has 0 radical (unpaired) electrons. The number of carboxylic acid groups (broad SMARTS) is 1. The molecule has 3 unspecified atom stereocenters. The van der Waals surface area contributed by atoms with Gasteiger partial charge in [-0.1, -0.05) is 57.9 Å². The zero-order valence-electron chi connectivity index (χ0n) is 15.3. The molecule has 2 rings (SSSR count). The van der Waals surface area contributed by atoms with E-state index < -0.39 is 11.4 Å². The van der Waals surface area contributed by atoms with Gasteiger partial charge in [0.1, 0.15) is 0 Å². The molecule has 3 nitrogen and oxygen atoms in total. The maximum atomic E-state index is 12.4. The number of benzene rings is 1. The van der Waals surface area contributed by atoms with E-state index in [1.165, 1.54) is 6.42 Å². The molecule has 0 bridgehead atoms. The number of rotatable bonds is 6. The molecule has 1 aliphatic rings. The van der Waals surface area contributed by atoms with E-state index in [1.54, 1.807) is 6.92 Å². The number of carboxylic acids is 1. The van der Waals surface area contributed by atoms with Crippen LogP contribution < -0.4 is 0 Å². The number of hydrogen-bond acceptors (Lipinski definition) is 2. The van der Waals surface area contributed by atoms with E-state index in [9.17, 15) is 14.7 Å². The fraction of sp³-hybridized carbons (Fsp3) is 0.619. The summed E-state index contributed by atoms with van der Waals surface area (Å²) in [5.41, 5.74) is 0.955. The van der Waals surface area contributed by atoms with Crippen LogP contribution in [0.15, 0.2) is 24.3 Å². The fourth-order valence-electron chi connectivity index (χ4n) is 4.41. The molecule has 1 N–H and O–H groups in total. The summed E-state index contributed by atoms with van der Waals surface area (Å²) in [6, 6.07) is 7.47. The normalized spacial score (nSPS) is 23.7. The molecule has 0 spiro atoms. The predicted octanol–water partition coefficient (Wildman–Crippen LogP) is 4.99. The molecule has 3 heteroatoms. The van der Waals surface area contributed by atoms with Crippen molar-refractivity contribution >= 4 is 11.8 Å². The van der Waals surface area contributed by atoms with Crippen LogP contribution in [0.2, 0.25) is 0 Å². The molecule has 1 fully saturated rings. The molecule has 0 aliphatic heterocycles. The second kappa shape index (κ2) is 7.50. The first-order chi connectivity index (χ1) is 11.3. The molecule has 1 aromatic rings. The third kappa shape index (κ3) is 3.71. The summed E-state index contributed by atoms with van der Waals surface area (Å²) in [6.45, 7) is 7.86. The maximum absolute atomic E-state index is 12.4. The quantitative estimate of drug-likeness (QED) is 0.748. The molecular formula is C21H30O3. The number of aliphatic carboxylic acids is 1. The Hall–Kier alpha value is -1.64. The van der Waals surface area contributed by atoms with Gasteiger partial charge in [-0.2, -0.15) is 0 Å². The van der Waals surface area contributed by atoms with Crippen molar-refractivity contribution in [1.29, 1.82) is 0 Å². The molecule has 0 saturated heterocycles. The molecule has 1 aromatic carbocycles. The lowest BCUT2D eigenvalue weighted by molar-refractivity contribution is -0.158. The monoisotopic (exact) mass is 330 g/mol. The van der Waals surface area contributed by atoms with E-state index in [-0.39, 0.29) is 17.6 Å². The standard InChI is InChI=1S/C21H30O3/c1-14(2)21(20(23)24,19-7-5-6-15(3)12-19)13-17-8-10-18(11-9-17)16(4)22/h8-11,14-15,19H,5-7,12-13H2,1-4H3,(H,23,24). The van der Waals surface area contributed by atoms with Gasteiger partial charge in [0.2, 0.25) is 0 Å². The van der Waals surface area contributed by atoms with Gasteiger partial charge in [-0.15, -0.1) is 0 Å². The lowest BCUT2D eigenvalue weighted by Gasteiger charge is -2.44. The van der Waals surface area contributed by atoms with Crippen molar-refractivity contribution in [3.05, 3.63) is 35.4 Å². The molecule has 24 heavy (non-hydrogen) atoms. The summed E-state index contributed by atoms with van der Waals surface area (Å²) < 4.78 is 0. The fourth-order valence-corrected chi connectivity index (χ4v) is 4.41. The van der Waals surface area contributed by atoms with E-state index in [2.05, 4.69) is 6.92 Å². The lowest BCUT2D eigenvalue weighted by Crippen LogP contribution is -2.46. The number of carbonyl (C=O) groups is 2. The van der Waals surface area contributed by atoms with Crippen LogP contribution in [0.25, 0.3) is 0 Å². The summed E-state index contributed by atoms with van der Waals surface area (Å²) in [4.78, 5) is 23.8. The molecule has 0 heterocycles. The van der Waals surface area contributed by atoms with Crippen LogP contribution in [-0.4, -0.2) is 16.9 Å². The van der Waals surface area contributed by atoms with Gasteiger partial charge >= 0.3 is 5.97 Å². The van der Waals surface area contributed by atoms with Gasteiger partial charge < -0.3 is 5.11 Å². The van der Waals surface area contributed by atoms with Gasteiger partial charge in [-0.05, 0) is 49.5 Å². The van der Waals surface area contributed by atoms with E-state index in [4.69, 9.17) is 0 Å². The van der Waals surface area contributed by atoms with Crippen LogP contribution in [0, 0.1) is 23.2 Å². The van der Waals surface area contributed by atoms with Crippen molar-refractivity contribution < 1.29 is 14.7 Å². The van der Waals surface area contributed by atoms with Gasteiger partial charge in [-0.3, -0.25) is 9.59 Å². The average Bonchev–Trinajstić information content (AvgIpc) is 2.52. The third-order valence-electron chi connectivity index (χ3n) is 5.95. The van der Waals surface area contributed by atoms with Crippen molar-refractivity contribution in [2.24, 2.45) is 23.2 Å². The van der Waals surface area contributed by atoms with E-state index in [0.29, 0.717) is 17.9 Å². The number of Topliss-reactive ketones (excluding diaryl/α,β-unsaturated/α-hetero) is 1. The van der Waals surface area contributed by atoms with Crippen molar-refractivity contribution in [2.45, 2.75) is 59.8 Å². The second-order valence-electron chi connectivity index (χ2n) is 7.90. The Labute approximate surface area is 145 Å². The summed E-state index contributed by atoms with van der Waals surface area (Å²) in [5, 5.41) is 10.2. The Morgan fingerprint density at radius 1 is 1.21 bits per heavy atom. The Bertz CT molecular complexity index is 588. The van der Waals surface area contributed by atoms with E-state index in [0.717, 1.165) is 24.8 Å². The van der Waals surface area contributed by atoms with E-state index >= 15 is 0 Å². The minimum absolute atomic E-state index is 0.0380. The largest absolute Gasteiger partial charge is 0.481 e. The summed E-state index contributed by atoms with van der Waals surface area (Å²) in [7, 11) is 0. The van der Waals surface area contributed by atoms with Crippen LogP contribution in [0.4, 0.5) is 0 Å². The van der Waals surface area contributed by atoms with Crippen molar-refractivity contribution in [3.63, 3.8) is 0 Å². The molecule has 0 aromatic heterocycles. The molecule has 1 aliphatic carbocycles. The zero-order chi connectivity index (χ0) is 17.9. The Morgan fingerprint density at radius 3 is 2.29 bits per heavy atom. The highest BCUT2D eigenvalue weighted by atomic mass is 16.4. The minimum Gasteiger partial charge on any atom is -0.481 e. The van der Waals surface area contributed by atoms with Gasteiger partial charge in [0.05, 0.1) is 5.41 Å². The minimum atomic E-state index is -0.730. The van der Waals surface area contributed by atoms with Crippen LogP contribution in [0.3, 0.4) is 0 Å². The van der Waals surface area contributed by atoms with Crippen molar-refractivity contribution in [1.82, 2.24) is 0 Å². The topological polar surface area (TPSA) is 54.4 Å². The first kappa shape index (κ1) is 18.7. The van der Waals surface area contributed by atoms with Crippen LogP contribution in [-0.2, 0) is 11.2 Å². The predicted molar refractivity (Wildman–Crippen MR) is 96.2 cm³/mol. The van der Waals surface area contributed by atoms with Crippen molar-refractivity contribution in [3.8, 4) is 0 Å². The summed E-state index contributed by atoms with van der Waals surface area (Å²) in [6.07, 6.45) is 4.86. The van der Waals surface area contributed by atoms with Gasteiger partial charge in [0, 0.05) is 5.56 Å². The van der Waals surface area contributed by atoms with Crippen LogP contribution in [0.5, 0.6) is 0 Å². The molecule has 1 saturated carbocycles. The maximum Gasteiger partial charge on any atom is 0.310 e. The summed E-state index contributed by atoms with van der Waals surface area (Å²) >= 11 is 0. The number of carbonyl (C=O) groups excluding carboxylic acids is 1. The Balaban J connectivity index is 2.35. The smallest absolute Gasteiger partial charge is 0.310 e. The Morgan fingerprint density at radius 2 is 1.83 bits per heavy atom. The number of ketones is 1. The highest BCUT2D eigenvalue weighted by Gasteiger charge is 2.49. The highest BCUT2D eigenvalue weighted by Crippen LogP contribution is 2.47. The first-order valence-electron chi connectivity index (χ1n) is 9.10. The van der Waals surface area contributed by atoms with Gasteiger partial charge in [0.15, 0.2) is 5.78 Å². The second-order valence-corrected chi connectivity index (χ2v) is 7.90. The zero-order valence-corrected chi connectivity index (χ0v) is 15.3. The van der Waals surface area contributed by atoms with Crippen LogP contribution >= 0.6 is 0 Å². The molecule has 0 amide bonds. The van der Waals surface area contributed by atoms with Gasteiger partial charge in [-0.25, -0.2) is 0 Å².